The molecule has 0 aliphatic heterocycles. The van der Waals surface area contributed by atoms with Gasteiger partial charge in [-0.25, -0.2) is 0 Å². The Morgan fingerprint density at radius 3 is 2.23 bits per heavy atom. The molecule has 0 bridgehead atoms. The number of carbonyl (C=O) groups excluding carboxylic acids is 1. The Morgan fingerprint density at radius 2 is 1.69 bits per heavy atom. The van der Waals surface area contributed by atoms with Crippen molar-refractivity contribution in [3.63, 3.8) is 0 Å². The van der Waals surface area contributed by atoms with Gasteiger partial charge in [-0.2, -0.15) is 0 Å². The Kier molecular flexibility index (Phi) is 4.89. The Balaban J connectivity index is 1.67. The van der Waals surface area contributed by atoms with Crippen LogP contribution in [-0.4, -0.2) is 22.1 Å². The summed E-state index contributed by atoms with van der Waals surface area (Å²) in [5, 5.41) is 7.51. The van der Waals surface area contributed by atoms with Crippen LogP contribution < -0.4 is 4.74 Å². The predicted octanol–water partition coefficient (Wildman–Crippen LogP) is 4.68. The highest BCUT2D eigenvalue weighted by atomic mass is 16.5. The third kappa shape index (κ3) is 3.99. The van der Waals surface area contributed by atoms with Crippen molar-refractivity contribution in [1.29, 1.82) is 0 Å². The summed E-state index contributed by atoms with van der Waals surface area (Å²) in [6.45, 7) is 8.19. The van der Waals surface area contributed by atoms with Gasteiger partial charge in [-0.05, 0) is 42.2 Å². The SMILES string of the molecule is C[C@H](Oc1ccc(-c2nnco2)cc1)C(=O)c1ccc(C(C)(C)C)cc1. The maximum absolute atomic E-state index is 12.6. The first-order valence-electron chi connectivity index (χ1n) is 8.52. The summed E-state index contributed by atoms with van der Waals surface area (Å²) < 4.78 is 10.9. The van der Waals surface area contributed by atoms with Gasteiger partial charge in [0.2, 0.25) is 18.1 Å². The quantitative estimate of drug-likeness (QED) is 0.625. The van der Waals surface area contributed by atoms with Crippen LogP contribution in [0.5, 0.6) is 5.75 Å². The summed E-state index contributed by atoms with van der Waals surface area (Å²) in [7, 11) is 0. The molecule has 134 valence electrons. The second-order valence-corrected chi connectivity index (χ2v) is 7.22. The maximum atomic E-state index is 12.6. The van der Waals surface area contributed by atoms with Gasteiger partial charge in [0.15, 0.2) is 6.10 Å². The topological polar surface area (TPSA) is 65.2 Å². The van der Waals surface area contributed by atoms with E-state index in [1.165, 1.54) is 12.0 Å². The molecule has 3 aromatic rings. The zero-order valence-corrected chi connectivity index (χ0v) is 15.4. The molecule has 0 aliphatic carbocycles. The summed E-state index contributed by atoms with van der Waals surface area (Å²) >= 11 is 0. The van der Waals surface area contributed by atoms with Crippen LogP contribution in [-0.2, 0) is 5.41 Å². The average Bonchev–Trinajstić information content (AvgIpc) is 3.16. The van der Waals surface area contributed by atoms with Crippen molar-refractivity contribution in [2.24, 2.45) is 0 Å². The number of ketones is 1. The van der Waals surface area contributed by atoms with E-state index in [0.29, 0.717) is 17.2 Å². The van der Waals surface area contributed by atoms with E-state index in [2.05, 4.69) is 31.0 Å². The van der Waals surface area contributed by atoms with Crippen LogP contribution in [0.2, 0.25) is 0 Å². The fraction of sp³-hybridized carbons (Fsp3) is 0.286. The summed E-state index contributed by atoms with van der Waals surface area (Å²) in [5.41, 5.74) is 2.70. The third-order valence-electron chi connectivity index (χ3n) is 4.18. The van der Waals surface area contributed by atoms with Crippen molar-refractivity contribution in [2.45, 2.75) is 39.2 Å². The number of aromatic nitrogens is 2. The second-order valence-electron chi connectivity index (χ2n) is 7.22. The zero-order chi connectivity index (χ0) is 18.7. The minimum absolute atomic E-state index is 0.0496. The normalized spacial score (nSPS) is 12.6. The largest absolute Gasteiger partial charge is 0.483 e. The van der Waals surface area contributed by atoms with Crippen LogP contribution in [0, 0.1) is 0 Å². The van der Waals surface area contributed by atoms with Crippen LogP contribution in [0.15, 0.2) is 59.3 Å². The maximum Gasteiger partial charge on any atom is 0.247 e. The molecule has 0 radical (unpaired) electrons. The molecule has 2 aromatic carbocycles. The number of benzene rings is 2. The van der Waals surface area contributed by atoms with Crippen molar-refractivity contribution < 1.29 is 13.9 Å². The van der Waals surface area contributed by atoms with Crippen LogP contribution in [0.3, 0.4) is 0 Å². The number of hydrogen-bond acceptors (Lipinski definition) is 5. The van der Waals surface area contributed by atoms with Gasteiger partial charge in [0.1, 0.15) is 5.75 Å². The number of carbonyl (C=O) groups is 1. The monoisotopic (exact) mass is 350 g/mol. The molecule has 0 fully saturated rings. The van der Waals surface area contributed by atoms with Gasteiger partial charge in [-0.3, -0.25) is 4.79 Å². The van der Waals surface area contributed by atoms with E-state index in [-0.39, 0.29) is 11.2 Å². The van der Waals surface area contributed by atoms with Crippen molar-refractivity contribution in [1.82, 2.24) is 10.2 Å². The van der Waals surface area contributed by atoms with E-state index in [1.807, 2.05) is 36.4 Å². The van der Waals surface area contributed by atoms with Gasteiger partial charge in [0.25, 0.3) is 0 Å². The zero-order valence-electron chi connectivity index (χ0n) is 15.4. The standard InChI is InChI=1S/C21H22N2O3/c1-14(19(24)15-5-9-17(10-6-15)21(2,3)4)26-18-11-7-16(8-12-18)20-23-22-13-25-20/h5-14H,1-4H3/t14-/m0/s1. The van der Waals surface area contributed by atoms with Crippen molar-refractivity contribution in [3.8, 4) is 17.2 Å². The number of ether oxygens (including phenoxy) is 1. The molecule has 5 heteroatoms. The molecular weight excluding hydrogens is 328 g/mol. The lowest BCUT2D eigenvalue weighted by atomic mass is 9.86. The molecular formula is C21H22N2O3. The average molecular weight is 350 g/mol. The number of nitrogens with zero attached hydrogens (tertiary/aromatic N) is 2. The molecule has 3 rings (SSSR count). The fourth-order valence-electron chi connectivity index (χ4n) is 2.60. The van der Waals surface area contributed by atoms with E-state index in [4.69, 9.17) is 9.15 Å². The second kappa shape index (κ2) is 7.12. The fourth-order valence-corrected chi connectivity index (χ4v) is 2.60. The molecule has 0 saturated heterocycles. The lowest BCUT2D eigenvalue weighted by Crippen LogP contribution is -2.24. The van der Waals surface area contributed by atoms with Gasteiger partial charge in [-0.1, -0.05) is 45.0 Å². The minimum Gasteiger partial charge on any atom is -0.483 e. The Morgan fingerprint density at radius 1 is 1.04 bits per heavy atom. The van der Waals surface area contributed by atoms with Crippen LogP contribution in [0.25, 0.3) is 11.5 Å². The lowest BCUT2D eigenvalue weighted by molar-refractivity contribution is 0.0818. The van der Waals surface area contributed by atoms with Crippen LogP contribution in [0.4, 0.5) is 0 Å². The molecule has 5 nitrogen and oxygen atoms in total. The highest BCUT2D eigenvalue weighted by Gasteiger charge is 2.19. The molecule has 0 aliphatic rings. The van der Waals surface area contributed by atoms with E-state index in [9.17, 15) is 4.79 Å². The van der Waals surface area contributed by atoms with Crippen molar-refractivity contribution >= 4 is 5.78 Å². The highest BCUT2D eigenvalue weighted by Crippen LogP contribution is 2.24. The van der Waals surface area contributed by atoms with Gasteiger partial charge in [-0.15, -0.1) is 10.2 Å². The van der Waals surface area contributed by atoms with Crippen molar-refractivity contribution in [2.75, 3.05) is 0 Å². The summed E-state index contributed by atoms with van der Waals surface area (Å²) in [4.78, 5) is 12.6. The molecule has 1 atom stereocenters. The highest BCUT2D eigenvalue weighted by molar-refractivity contribution is 5.99. The van der Waals surface area contributed by atoms with E-state index >= 15 is 0 Å². The van der Waals surface area contributed by atoms with Crippen LogP contribution >= 0.6 is 0 Å². The number of hydrogen-bond donors (Lipinski definition) is 0. The van der Waals surface area contributed by atoms with Gasteiger partial charge < -0.3 is 9.15 Å². The number of rotatable bonds is 5. The first kappa shape index (κ1) is 17.9. The molecule has 0 amide bonds. The molecule has 26 heavy (non-hydrogen) atoms. The molecule has 0 unspecified atom stereocenters. The van der Waals surface area contributed by atoms with Gasteiger partial charge in [0.05, 0.1) is 0 Å². The van der Waals surface area contributed by atoms with Crippen molar-refractivity contribution in [3.05, 3.63) is 66.1 Å². The van der Waals surface area contributed by atoms with E-state index < -0.39 is 6.10 Å². The molecule has 0 N–H and O–H groups in total. The van der Waals surface area contributed by atoms with Gasteiger partial charge in [0, 0.05) is 11.1 Å². The first-order chi connectivity index (χ1) is 12.3. The lowest BCUT2D eigenvalue weighted by Gasteiger charge is -2.19. The first-order valence-corrected chi connectivity index (χ1v) is 8.52. The molecule has 1 aromatic heterocycles. The molecule has 1 heterocycles. The molecule has 0 saturated carbocycles. The summed E-state index contributed by atoms with van der Waals surface area (Å²) in [6, 6.07) is 14.9. The van der Waals surface area contributed by atoms with E-state index in [1.54, 1.807) is 19.1 Å². The Hall–Kier alpha value is -2.95. The summed E-state index contributed by atoms with van der Waals surface area (Å²) in [5.74, 6) is 1.01. The minimum atomic E-state index is -0.579. The molecule has 0 spiro atoms. The smallest absolute Gasteiger partial charge is 0.247 e. The van der Waals surface area contributed by atoms with Crippen LogP contribution in [0.1, 0.15) is 43.6 Å². The summed E-state index contributed by atoms with van der Waals surface area (Å²) in [6.07, 6.45) is 0.704. The van der Waals surface area contributed by atoms with Gasteiger partial charge >= 0.3 is 0 Å². The number of Topliss-reactive ketones (excluding diaryl/α,β-unsaturated/α-hetero) is 1. The van der Waals surface area contributed by atoms with E-state index in [0.717, 1.165) is 5.56 Å². The Labute approximate surface area is 153 Å². The third-order valence-corrected chi connectivity index (χ3v) is 4.18. The Bertz CT molecular complexity index is 861. The predicted molar refractivity (Wildman–Crippen MR) is 99.3 cm³/mol.